The maximum atomic E-state index is 12.3. The highest BCUT2D eigenvalue weighted by molar-refractivity contribution is 7.89. The van der Waals surface area contributed by atoms with Crippen molar-refractivity contribution in [2.75, 3.05) is 0 Å². The van der Waals surface area contributed by atoms with Gasteiger partial charge in [0.25, 0.3) is 11.1 Å². The quantitative estimate of drug-likeness (QED) is 0.571. The summed E-state index contributed by atoms with van der Waals surface area (Å²) < 4.78 is 23.4. The first-order valence-corrected chi connectivity index (χ1v) is 9.42. The first-order valence-electron chi connectivity index (χ1n) is 7.12. The molecule has 10 heteroatoms. The van der Waals surface area contributed by atoms with Gasteiger partial charge in [0.2, 0.25) is 10.0 Å². The molecule has 0 bridgehead atoms. The van der Waals surface area contributed by atoms with Crippen LogP contribution >= 0.6 is 23.2 Å². The van der Waals surface area contributed by atoms with Gasteiger partial charge >= 0.3 is 0 Å². The molecule has 0 unspecified atom stereocenters. The number of halogens is 2. The van der Waals surface area contributed by atoms with Crippen LogP contribution in [0.4, 0.5) is 0 Å². The summed E-state index contributed by atoms with van der Waals surface area (Å²) >= 11 is 11.5. The van der Waals surface area contributed by atoms with Gasteiger partial charge in [-0.3, -0.25) is 9.59 Å². The Hall–Kier alpha value is -2.39. The zero-order valence-corrected chi connectivity index (χ0v) is 15.2. The molecule has 0 aliphatic carbocycles. The molecule has 7 nitrogen and oxygen atoms in total. The number of H-pyrrole nitrogens is 2. The number of hydrogen-bond donors (Lipinski definition) is 3. The summed E-state index contributed by atoms with van der Waals surface area (Å²) in [7, 11) is -4.02. The van der Waals surface area contributed by atoms with Gasteiger partial charge in [0, 0.05) is 11.1 Å². The van der Waals surface area contributed by atoms with Crippen molar-refractivity contribution in [2.24, 2.45) is 5.14 Å². The Morgan fingerprint density at radius 2 is 1.19 bits per heavy atom. The third-order valence-corrected chi connectivity index (χ3v) is 5.00. The van der Waals surface area contributed by atoms with Gasteiger partial charge < -0.3 is 9.97 Å². The molecular weight excluding hydrogens is 401 g/mol. The molecule has 4 N–H and O–H groups in total. The summed E-state index contributed by atoms with van der Waals surface area (Å²) in [6.07, 6.45) is 0. The predicted molar refractivity (Wildman–Crippen MR) is 99.9 cm³/mol. The fourth-order valence-corrected chi connectivity index (χ4v) is 3.32. The standard InChI is InChI=1S/C16H11Cl2N3O4S/c17-13-5-3-10(15(22)20-13)9-2-1-8(26(19,24)25)7-12(9)11-4-6-14(18)21-16(11)23/h1-7H,(H,20,22)(H,21,23)(H2,19,24,25). The second kappa shape index (κ2) is 6.73. The molecule has 0 aliphatic heterocycles. The normalized spacial score (nSPS) is 11.5. The van der Waals surface area contributed by atoms with E-state index in [0.29, 0.717) is 5.56 Å². The van der Waals surface area contributed by atoms with Crippen molar-refractivity contribution in [2.45, 2.75) is 4.90 Å². The van der Waals surface area contributed by atoms with Crippen LogP contribution < -0.4 is 16.3 Å². The fraction of sp³-hybridized carbons (Fsp3) is 0. The fourth-order valence-electron chi connectivity index (χ4n) is 2.48. The Morgan fingerprint density at radius 1 is 0.731 bits per heavy atom. The van der Waals surface area contributed by atoms with Crippen LogP contribution in [0.3, 0.4) is 0 Å². The molecule has 3 rings (SSSR count). The maximum Gasteiger partial charge on any atom is 0.256 e. The predicted octanol–water partition coefficient (Wildman–Crippen LogP) is 2.35. The van der Waals surface area contributed by atoms with E-state index in [9.17, 15) is 18.0 Å². The monoisotopic (exact) mass is 411 g/mol. The highest BCUT2D eigenvalue weighted by Crippen LogP contribution is 2.31. The number of rotatable bonds is 3. The number of nitrogens with two attached hydrogens (primary N) is 1. The van der Waals surface area contributed by atoms with E-state index in [-0.39, 0.29) is 31.9 Å². The second-order valence-electron chi connectivity index (χ2n) is 5.35. The molecular formula is C16H11Cl2N3O4S. The Labute approximate surface area is 157 Å². The van der Waals surface area contributed by atoms with Crippen molar-refractivity contribution >= 4 is 33.2 Å². The first-order chi connectivity index (χ1) is 12.2. The number of aromatic nitrogens is 2. The second-order valence-corrected chi connectivity index (χ2v) is 7.73. The van der Waals surface area contributed by atoms with Gasteiger partial charge in [0.05, 0.1) is 4.90 Å². The zero-order valence-electron chi connectivity index (χ0n) is 12.9. The van der Waals surface area contributed by atoms with Crippen LogP contribution in [0.25, 0.3) is 22.3 Å². The zero-order chi connectivity index (χ0) is 19.1. The molecule has 0 atom stereocenters. The molecule has 0 spiro atoms. The van der Waals surface area contributed by atoms with Crippen LogP contribution in [0, 0.1) is 0 Å². The lowest BCUT2D eigenvalue weighted by atomic mass is 9.96. The molecule has 0 aliphatic rings. The Balaban J connectivity index is 2.38. The molecule has 0 saturated heterocycles. The third kappa shape index (κ3) is 3.58. The minimum Gasteiger partial charge on any atom is -0.312 e. The van der Waals surface area contributed by atoms with E-state index in [1.165, 1.54) is 42.5 Å². The van der Waals surface area contributed by atoms with Crippen molar-refractivity contribution in [3.63, 3.8) is 0 Å². The number of aromatic amines is 2. The van der Waals surface area contributed by atoms with Gasteiger partial charge in [0.15, 0.2) is 0 Å². The molecule has 0 fully saturated rings. The number of nitrogens with one attached hydrogen (secondary N) is 2. The lowest BCUT2D eigenvalue weighted by molar-refractivity contribution is 0.598. The number of sulfonamides is 1. The lowest BCUT2D eigenvalue weighted by Gasteiger charge is -2.11. The van der Waals surface area contributed by atoms with Crippen LogP contribution in [0.15, 0.2) is 56.9 Å². The summed E-state index contributed by atoms with van der Waals surface area (Å²) in [6.45, 7) is 0. The van der Waals surface area contributed by atoms with Crippen molar-refractivity contribution in [1.29, 1.82) is 0 Å². The van der Waals surface area contributed by atoms with Crippen molar-refractivity contribution in [3.8, 4) is 22.3 Å². The van der Waals surface area contributed by atoms with Gasteiger partial charge in [-0.15, -0.1) is 0 Å². The highest BCUT2D eigenvalue weighted by Gasteiger charge is 2.18. The summed E-state index contributed by atoms with van der Waals surface area (Å²) in [5.74, 6) is 0. The molecule has 3 aromatic rings. The van der Waals surface area contributed by atoms with Crippen molar-refractivity contribution in [3.05, 3.63) is 73.5 Å². The van der Waals surface area contributed by atoms with Crippen LogP contribution in [-0.2, 0) is 10.0 Å². The molecule has 0 amide bonds. The Kier molecular flexibility index (Phi) is 4.76. The van der Waals surface area contributed by atoms with E-state index in [4.69, 9.17) is 28.3 Å². The Bertz CT molecular complexity index is 1230. The van der Waals surface area contributed by atoms with Gasteiger partial charge in [-0.2, -0.15) is 0 Å². The van der Waals surface area contributed by atoms with Gasteiger partial charge in [-0.05, 0) is 47.5 Å². The van der Waals surface area contributed by atoms with E-state index < -0.39 is 21.1 Å². The molecule has 2 heterocycles. The molecule has 2 aromatic heterocycles. The lowest BCUT2D eigenvalue weighted by Crippen LogP contribution is -2.15. The van der Waals surface area contributed by atoms with Gasteiger partial charge in [-0.1, -0.05) is 29.3 Å². The van der Waals surface area contributed by atoms with Gasteiger partial charge in [0.1, 0.15) is 10.3 Å². The first kappa shape index (κ1) is 18.4. The van der Waals surface area contributed by atoms with Crippen LogP contribution in [-0.4, -0.2) is 18.4 Å². The van der Waals surface area contributed by atoms with E-state index in [0.717, 1.165) is 0 Å². The SMILES string of the molecule is NS(=O)(=O)c1ccc(-c2ccc(Cl)[nH]c2=O)c(-c2ccc(Cl)[nH]c2=O)c1. The van der Waals surface area contributed by atoms with E-state index in [1.54, 1.807) is 0 Å². The number of hydrogen-bond acceptors (Lipinski definition) is 4. The summed E-state index contributed by atoms with van der Waals surface area (Å²) in [5.41, 5.74) is -0.155. The molecule has 134 valence electrons. The average Bonchev–Trinajstić information content (AvgIpc) is 2.54. The molecule has 0 saturated carbocycles. The third-order valence-electron chi connectivity index (χ3n) is 3.65. The average molecular weight is 412 g/mol. The highest BCUT2D eigenvalue weighted by atomic mass is 35.5. The minimum absolute atomic E-state index is 0.118. The van der Waals surface area contributed by atoms with Crippen LogP contribution in [0.2, 0.25) is 10.3 Å². The summed E-state index contributed by atoms with van der Waals surface area (Å²) in [4.78, 5) is 29.2. The smallest absolute Gasteiger partial charge is 0.256 e. The number of benzene rings is 1. The Morgan fingerprint density at radius 3 is 1.65 bits per heavy atom. The van der Waals surface area contributed by atoms with Crippen molar-refractivity contribution in [1.82, 2.24) is 9.97 Å². The molecule has 26 heavy (non-hydrogen) atoms. The van der Waals surface area contributed by atoms with E-state index in [2.05, 4.69) is 9.97 Å². The van der Waals surface area contributed by atoms with Crippen molar-refractivity contribution < 1.29 is 8.42 Å². The van der Waals surface area contributed by atoms with Crippen LogP contribution in [0.1, 0.15) is 0 Å². The largest absolute Gasteiger partial charge is 0.312 e. The van der Waals surface area contributed by atoms with E-state index in [1.807, 2.05) is 0 Å². The van der Waals surface area contributed by atoms with Gasteiger partial charge in [-0.25, -0.2) is 13.6 Å². The molecule has 1 aromatic carbocycles. The number of pyridine rings is 2. The summed E-state index contributed by atoms with van der Waals surface area (Å²) in [6, 6.07) is 9.71. The topological polar surface area (TPSA) is 126 Å². The molecule has 0 radical (unpaired) electrons. The maximum absolute atomic E-state index is 12.3. The summed E-state index contributed by atoms with van der Waals surface area (Å²) in [5, 5.41) is 5.45. The minimum atomic E-state index is -4.02. The van der Waals surface area contributed by atoms with Crippen LogP contribution in [0.5, 0.6) is 0 Å². The van der Waals surface area contributed by atoms with E-state index >= 15 is 0 Å². The number of primary sulfonamides is 1.